The Labute approximate surface area is 206 Å². The molecule has 0 saturated heterocycles. The Hall–Kier alpha value is -3.61. The zero-order chi connectivity index (χ0) is 25.2. The number of benzene rings is 2. The molecular weight excluding hydrogens is 444 g/mol. The summed E-state index contributed by atoms with van der Waals surface area (Å²) < 4.78 is 5.57. The van der Waals surface area contributed by atoms with Gasteiger partial charge in [-0.1, -0.05) is 68.0 Å². The van der Waals surface area contributed by atoms with E-state index in [4.69, 9.17) is 9.84 Å². The molecule has 186 valence electrons. The SMILES string of the molecule is CCC(CCNC(=O)OCC1c2ccccc2-c2ccccc21)CCC(=O)NC/C=C(\C)C(=O)O. The molecule has 2 aromatic carbocycles. The maximum Gasteiger partial charge on any atom is 0.407 e. The minimum Gasteiger partial charge on any atom is -0.478 e. The number of nitrogens with one attached hydrogen (secondary N) is 2. The molecule has 35 heavy (non-hydrogen) atoms. The number of fused-ring (bicyclic) bond motifs is 3. The van der Waals surface area contributed by atoms with Gasteiger partial charge in [-0.3, -0.25) is 4.79 Å². The Kier molecular flexibility index (Phi) is 9.47. The smallest absolute Gasteiger partial charge is 0.407 e. The van der Waals surface area contributed by atoms with Crippen molar-refractivity contribution in [3.63, 3.8) is 0 Å². The van der Waals surface area contributed by atoms with E-state index in [-0.39, 0.29) is 30.5 Å². The van der Waals surface area contributed by atoms with Crippen LogP contribution in [-0.4, -0.2) is 42.8 Å². The number of rotatable bonds is 12. The molecule has 0 spiro atoms. The van der Waals surface area contributed by atoms with Crippen LogP contribution in [0.15, 0.2) is 60.2 Å². The fraction of sp³-hybridized carbons (Fsp3) is 0.393. The molecule has 0 aromatic heterocycles. The average Bonchev–Trinajstić information content (AvgIpc) is 3.18. The van der Waals surface area contributed by atoms with E-state index in [0.717, 1.165) is 12.8 Å². The van der Waals surface area contributed by atoms with Crippen LogP contribution in [0, 0.1) is 5.92 Å². The summed E-state index contributed by atoms with van der Waals surface area (Å²) >= 11 is 0. The van der Waals surface area contributed by atoms with Gasteiger partial charge in [-0.15, -0.1) is 0 Å². The van der Waals surface area contributed by atoms with Gasteiger partial charge in [-0.2, -0.15) is 0 Å². The summed E-state index contributed by atoms with van der Waals surface area (Å²) in [6, 6.07) is 16.5. The van der Waals surface area contributed by atoms with E-state index in [2.05, 4.69) is 41.8 Å². The summed E-state index contributed by atoms with van der Waals surface area (Å²) in [6.07, 6.45) is 3.78. The molecule has 7 nitrogen and oxygen atoms in total. The number of carbonyl (C=O) groups excluding carboxylic acids is 2. The molecule has 1 unspecified atom stereocenters. The van der Waals surface area contributed by atoms with Gasteiger partial charge in [0.05, 0.1) is 0 Å². The molecule has 0 heterocycles. The highest BCUT2D eigenvalue weighted by Gasteiger charge is 2.28. The predicted octanol–water partition coefficient (Wildman–Crippen LogP) is 4.87. The van der Waals surface area contributed by atoms with Crippen LogP contribution < -0.4 is 10.6 Å². The lowest BCUT2D eigenvalue weighted by Gasteiger charge is -2.16. The molecule has 0 radical (unpaired) electrons. The van der Waals surface area contributed by atoms with Crippen molar-refractivity contribution >= 4 is 18.0 Å². The number of ether oxygens (including phenoxy) is 1. The zero-order valence-electron chi connectivity index (χ0n) is 20.4. The molecule has 0 saturated carbocycles. The van der Waals surface area contributed by atoms with Gasteiger partial charge < -0.3 is 20.5 Å². The molecule has 2 aromatic rings. The Bertz CT molecular complexity index is 1030. The lowest BCUT2D eigenvalue weighted by atomic mass is 9.96. The summed E-state index contributed by atoms with van der Waals surface area (Å²) in [7, 11) is 0. The number of hydrogen-bond acceptors (Lipinski definition) is 4. The number of carboxylic acids is 1. The van der Waals surface area contributed by atoms with E-state index >= 15 is 0 Å². The monoisotopic (exact) mass is 478 g/mol. The summed E-state index contributed by atoms with van der Waals surface area (Å²) in [5, 5.41) is 14.4. The maximum atomic E-state index is 12.3. The van der Waals surface area contributed by atoms with Crippen molar-refractivity contribution in [1.82, 2.24) is 10.6 Å². The Balaban J connectivity index is 1.38. The molecule has 3 N–H and O–H groups in total. The van der Waals surface area contributed by atoms with Gasteiger partial charge in [0, 0.05) is 31.0 Å². The Morgan fingerprint density at radius 2 is 1.63 bits per heavy atom. The largest absolute Gasteiger partial charge is 0.478 e. The van der Waals surface area contributed by atoms with Crippen molar-refractivity contribution in [2.45, 2.75) is 45.4 Å². The van der Waals surface area contributed by atoms with Crippen molar-refractivity contribution in [2.24, 2.45) is 5.92 Å². The van der Waals surface area contributed by atoms with Crippen molar-refractivity contribution < 1.29 is 24.2 Å². The third kappa shape index (κ3) is 7.18. The van der Waals surface area contributed by atoms with Gasteiger partial charge in [-0.25, -0.2) is 9.59 Å². The summed E-state index contributed by atoms with van der Waals surface area (Å²) in [5.74, 6) is -0.772. The van der Waals surface area contributed by atoms with E-state index in [0.29, 0.717) is 25.3 Å². The molecule has 1 aliphatic carbocycles. The van der Waals surface area contributed by atoms with Crippen LogP contribution in [0.5, 0.6) is 0 Å². The van der Waals surface area contributed by atoms with E-state index in [9.17, 15) is 14.4 Å². The lowest BCUT2D eigenvalue weighted by Crippen LogP contribution is -2.28. The normalized spacial score (nSPS) is 13.5. The second-order valence-electron chi connectivity index (χ2n) is 8.85. The van der Waals surface area contributed by atoms with Crippen molar-refractivity contribution in [2.75, 3.05) is 19.7 Å². The van der Waals surface area contributed by atoms with Crippen molar-refractivity contribution in [3.05, 3.63) is 71.3 Å². The molecule has 1 atom stereocenters. The second kappa shape index (κ2) is 12.7. The van der Waals surface area contributed by atoms with Crippen LogP contribution in [0.2, 0.25) is 0 Å². The van der Waals surface area contributed by atoms with Crippen LogP contribution in [0.1, 0.15) is 56.6 Å². The number of carboxylic acid groups (broad SMARTS) is 1. The topological polar surface area (TPSA) is 105 Å². The Morgan fingerprint density at radius 3 is 2.23 bits per heavy atom. The first-order valence-electron chi connectivity index (χ1n) is 12.2. The standard InChI is InChI=1S/C28H34N2O5/c1-3-20(12-13-26(31)29-16-14-19(2)27(32)33)15-17-30-28(34)35-18-25-23-10-6-4-8-21(23)22-9-5-7-11-24(22)25/h4-11,14,20,25H,3,12-13,15-18H2,1-2H3,(H,29,31)(H,30,34)(H,32,33)/b19-14+. The van der Waals surface area contributed by atoms with Gasteiger partial charge in [0.2, 0.25) is 5.91 Å². The van der Waals surface area contributed by atoms with Crippen molar-refractivity contribution in [3.8, 4) is 11.1 Å². The molecule has 3 rings (SSSR count). The lowest BCUT2D eigenvalue weighted by molar-refractivity contribution is -0.132. The molecule has 0 aliphatic heterocycles. The van der Waals surface area contributed by atoms with Gasteiger partial charge in [0.25, 0.3) is 0 Å². The summed E-state index contributed by atoms with van der Waals surface area (Å²) in [6.45, 7) is 4.53. The van der Waals surface area contributed by atoms with Gasteiger partial charge in [-0.05, 0) is 47.9 Å². The number of alkyl carbamates (subject to hydrolysis) is 1. The van der Waals surface area contributed by atoms with Crippen molar-refractivity contribution in [1.29, 1.82) is 0 Å². The van der Waals surface area contributed by atoms with E-state index < -0.39 is 12.1 Å². The van der Waals surface area contributed by atoms with E-state index in [1.54, 1.807) is 0 Å². The van der Waals surface area contributed by atoms with Crippen LogP contribution in [0.3, 0.4) is 0 Å². The van der Waals surface area contributed by atoms with Gasteiger partial charge in [0.15, 0.2) is 0 Å². The van der Waals surface area contributed by atoms with Crippen LogP contribution in [-0.2, 0) is 14.3 Å². The number of amides is 2. The highest BCUT2D eigenvalue weighted by molar-refractivity contribution is 5.86. The highest BCUT2D eigenvalue weighted by Crippen LogP contribution is 2.44. The van der Waals surface area contributed by atoms with Crippen LogP contribution in [0.4, 0.5) is 4.79 Å². The molecule has 2 amide bonds. The van der Waals surface area contributed by atoms with Gasteiger partial charge >= 0.3 is 12.1 Å². The number of hydrogen-bond donors (Lipinski definition) is 3. The minimum atomic E-state index is -0.991. The number of carbonyl (C=O) groups is 3. The number of aliphatic carboxylic acids is 1. The maximum absolute atomic E-state index is 12.3. The third-order valence-corrected chi connectivity index (χ3v) is 6.57. The zero-order valence-corrected chi connectivity index (χ0v) is 20.4. The molecule has 0 bridgehead atoms. The quantitative estimate of drug-likeness (QED) is 0.378. The fourth-order valence-corrected chi connectivity index (χ4v) is 4.41. The first-order valence-corrected chi connectivity index (χ1v) is 12.2. The predicted molar refractivity (Wildman–Crippen MR) is 135 cm³/mol. The summed E-state index contributed by atoms with van der Waals surface area (Å²) in [5.41, 5.74) is 4.95. The third-order valence-electron chi connectivity index (χ3n) is 6.57. The highest BCUT2D eigenvalue weighted by atomic mass is 16.5. The molecule has 7 heteroatoms. The average molecular weight is 479 g/mol. The van der Waals surface area contributed by atoms with Gasteiger partial charge in [0.1, 0.15) is 6.61 Å². The van der Waals surface area contributed by atoms with E-state index in [1.165, 1.54) is 35.3 Å². The fourth-order valence-electron chi connectivity index (χ4n) is 4.41. The first kappa shape index (κ1) is 26.0. The second-order valence-corrected chi connectivity index (χ2v) is 8.85. The first-order chi connectivity index (χ1) is 16.9. The molecular formula is C28H34N2O5. The minimum absolute atomic E-state index is 0.0317. The van der Waals surface area contributed by atoms with Crippen LogP contribution in [0.25, 0.3) is 11.1 Å². The summed E-state index contributed by atoms with van der Waals surface area (Å²) in [4.78, 5) is 35.1. The van der Waals surface area contributed by atoms with Crippen LogP contribution >= 0.6 is 0 Å². The molecule has 1 aliphatic rings. The van der Waals surface area contributed by atoms with E-state index in [1.807, 2.05) is 24.3 Å². The Morgan fingerprint density at radius 1 is 1.00 bits per heavy atom. The molecule has 0 fully saturated rings.